The summed E-state index contributed by atoms with van der Waals surface area (Å²) in [7, 11) is 0. The number of amides is 1. The molecule has 7 heteroatoms. The third-order valence-electron chi connectivity index (χ3n) is 3.38. The first-order chi connectivity index (χ1) is 12.0. The Kier molecular flexibility index (Phi) is 4.85. The van der Waals surface area contributed by atoms with Crippen molar-refractivity contribution in [1.82, 2.24) is 5.43 Å². The van der Waals surface area contributed by atoms with Crippen LogP contribution in [0.2, 0.25) is 0 Å². The highest BCUT2D eigenvalue weighted by Gasteiger charge is 2.14. The highest BCUT2D eigenvalue weighted by atomic mass is 32.1. The molecule has 0 saturated carbocycles. The van der Waals surface area contributed by atoms with Crippen molar-refractivity contribution in [1.29, 1.82) is 0 Å². The molecule has 0 saturated heterocycles. The number of nitrogens with zero attached hydrogens (tertiary/aromatic N) is 1. The smallest absolute Gasteiger partial charge is 0.275 e. The monoisotopic (exact) mass is 358 g/mol. The van der Waals surface area contributed by atoms with Gasteiger partial charge in [0.05, 0.1) is 11.8 Å². The number of rotatable bonds is 4. The number of phenolic OH excluding ortho intramolecular Hbond substituents is 1. The number of carbonyl (C=O) groups excluding carboxylic acids is 1. The second kappa shape index (κ2) is 7.23. The lowest BCUT2D eigenvalue weighted by molar-refractivity contribution is 0.0952. The van der Waals surface area contributed by atoms with Gasteiger partial charge in [0.15, 0.2) is 0 Å². The van der Waals surface area contributed by atoms with Crippen molar-refractivity contribution < 1.29 is 18.7 Å². The lowest BCUT2D eigenvalue weighted by Gasteiger charge is -2.08. The molecule has 1 amide bonds. The maximum absolute atomic E-state index is 13.9. The zero-order valence-corrected chi connectivity index (χ0v) is 13.6. The van der Waals surface area contributed by atoms with Gasteiger partial charge in [-0.2, -0.15) is 5.10 Å². The van der Waals surface area contributed by atoms with Gasteiger partial charge in [-0.25, -0.2) is 14.2 Å². The second-order valence-corrected chi connectivity index (χ2v) is 6.05. The number of nitrogens with one attached hydrogen (secondary N) is 1. The SMILES string of the molecule is O=C(N/N=C\c1cccs1)c1cc(-c2ccc(F)cc2F)ccc1O. The molecule has 4 nitrogen and oxygen atoms in total. The molecule has 0 unspecified atom stereocenters. The summed E-state index contributed by atoms with van der Waals surface area (Å²) in [5, 5.41) is 15.6. The Balaban J connectivity index is 1.85. The normalized spacial score (nSPS) is 11.0. The van der Waals surface area contributed by atoms with Crippen molar-refractivity contribution in [3.8, 4) is 16.9 Å². The van der Waals surface area contributed by atoms with Gasteiger partial charge in [0.25, 0.3) is 5.91 Å². The Morgan fingerprint density at radius 2 is 2.00 bits per heavy atom. The summed E-state index contributed by atoms with van der Waals surface area (Å²) in [5.74, 6) is -2.36. The summed E-state index contributed by atoms with van der Waals surface area (Å²) >= 11 is 1.45. The molecule has 25 heavy (non-hydrogen) atoms. The molecule has 3 rings (SSSR count). The fourth-order valence-corrected chi connectivity index (χ4v) is 2.77. The third-order valence-corrected chi connectivity index (χ3v) is 4.19. The molecule has 0 aliphatic carbocycles. The van der Waals surface area contributed by atoms with Crippen LogP contribution in [-0.4, -0.2) is 17.2 Å². The number of thiophene rings is 1. The second-order valence-electron chi connectivity index (χ2n) is 5.07. The minimum absolute atomic E-state index is 0.0652. The molecule has 2 N–H and O–H groups in total. The zero-order valence-electron chi connectivity index (χ0n) is 12.7. The van der Waals surface area contributed by atoms with Crippen LogP contribution in [0, 0.1) is 11.6 Å². The quantitative estimate of drug-likeness (QED) is 0.543. The van der Waals surface area contributed by atoms with Crippen molar-refractivity contribution in [3.63, 3.8) is 0 Å². The van der Waals surface area contributed by atoms with Crippen LogP contribution in [0.3, 0.4) is 0 Å². The Hall–Kier alpha value is -3.06. The van der Waals surface area contributed by atoms with E-state index >= 15 is 0 Å². The van der Waals surface area contributed by atoms with Crippen molar-refractivity contribution >= 4 is 23.5 Å². The Morgan fingerprint density at radius 3 is 2.72 bits per heavy atom. The molecule has 0 atom stereocenters. The van der Waals surface area contributed by atoms with Gasteiger partial charge in [0.1, 0.15) is 17.4 Å². The number of halogens is 2. The molecule has 0 radical (unpaired) electrons. The number of carbonyl (C=O) groups is 1. The average molecular weight is 358 g/mol. The van der Waals surface area contributed by atoms with Crippen LogP contribution >= 0.6 is 11.3 Å². The Morgan fingerprint density at radius 1 is 1.16 bits per heavy atom. The van der Waals surface area contributed by atoms with E-state index in [9.17, 15) is 18.7 Å². The minimum Gasteiger partial charge on any atom is -0.507 e. The van der Waals surface area contributed by atoms with Crippen LogP contribution in [-0.2, 0) is 0 Å². The average Bonchev–Trinajstić information content (AvgIpc) is 3.09. The zero-order chi connectivity index (χ0) is 17.8. The molecule has 0 aliphatic heterocycles. The van der Waals surface area contributed by atoms with E-state index in [1.165, 1.54) is 41.8 Å². The van der Waals surface area contributed by atoms with Crippen LogP contribution in [0.1, 0.15) is 15.2 Å². The highest BCUT2D eigenvalue weighted by Crippen LogP contribution is 2.28. The van der Waals surface area contributed by atoms with Crippen LogP contribution in [0.4, 0.5) is 8.78 Å². The molecule has 0 spiro atoms. The van der Waals surface area contributed by atoms with E-state index in [2.05, 4.69) is 10.5 Å². The van der Waals surface area contributed by atoms with Gasteiger partial charge >= 0.3 is 0 Å². The van der Waals surface area contributed by atoms with Crippen molar-refractivity contribution in [2.24, 2.45) is 5.10 Å². The Labute approximate surface area is 146 Å². The molecular weight excluding hydrogens is 346 g/mol. The van der Waals surface area contributed by atoms with Crippen LogP contribution in [0.5, 0.6) is 5.75 Å². The predicted octanol–water partition coefficient (Wildman–Crippen LogP) is 4.16. The fourth-order valence-electron chi connectivity index (χ4n) is 2.19. The van der Waals surface area contributed by atoms with E-state index in [4.69, 9.17) is 0 Å². The first kappa shape index (κ1) is 16.8. The molecular formula is C18H12F2N2O2S. The van der Waals surface area contributed by atoms with Gasteiger partial charge in [-0.3, -0.25) is 4.79 Å². The molecule has 0 bridgehead atoms. The topological polar surface area (TPSA) is 61.7 Å². The number of hydrogen-bond acceptors (Lipinski definition) is 4. The number of aromatic hydroxyl groups is 1. The number of hydrogen-bond donors (Lipinski definition) is 2. The fraction of sp³-hybridized carbons (Fsp3) is 0. The Bertz CT molecular complexity index is 940. The standard InChI is InChI=1S/C18H12F2N2O2S/c19-12-4-5-14(16(20)9-12)11-3-6-17(23)15(8-11)18(24)22-21-10-13-2-1-7-25-13/h1-10,23H,(H,22,24)/b21-10-. The molecule has 2 aromatic carbocycles. The van der Waals surface area contributed by atoms with E-state index in [-0.39, 0.29) is 16.9 Å². The molecule has 0 aliphatic rings. The molecule has 126 valence electrons. The van der Waals surface area contributed by atoms with Gasteiger partial charge in [0, 0.05) is 16.5 Å². The first-order valence-corrected chi connectivity index (χ1v) is 8.08. The summed E-state index contributed by atoms with van der Waals surface area (Å²) in [4.78, 5) is 13.0. The van der Waals surface area contributed by atoms with Crippen molar-refractivity contribution in [2.45, 2.75) is 0 Å². The number of hydrazone groups is 1. The van der Waals surface area contributed by atoms with E-state index in [1.807, 2.05) is 17.5 Å². The summed E-state index contributed by atoms with van der Waals surface area (Å²) in [5.41, 5.74) is 2.70. The highest BCUT2D eigenvalue weighted by molar-refractivity contribution is 7.11. The molecule has 1 aromatic heterocycles. The van der Waals surface area contributed by atoms with E-state index < -0.39 is 17.5 Å². The third kappa shape index (κ3) is 3.89. The van der Waals surface area contributed by atoms with E-state index in [0.29, 0.717) is 5.56 Å². The van der Waals surface area contributed by atoms with Gasteiger partial charge in [-0.05, 0) is 41.3 Å². The summed E-state index contributed by atoms with van der Waals surface area (Å²) in [6.45, 7) is 0. The number of benzene rings is 2. The molecule has 1 heterocycles. The summed E-state index contributed by atoms with van der Waals surface area (Å²) in [6, 6.07) is 10.9. The van der Waals surface area contributed by atoms with E-state index in [1.54, 1.807) is 0 Å². The first-order valence-electron chi connectivity index (χ1n) is 7.20. The largest absolute Gasteiger partial charge is 0.507 e. The lowest BCUT2D eigenvalue weighted by Crippen LogP contribution is -2.17. The predicted molar refractivity (Wildman–Crippen MR) is 92.8 cm³/mol. The number of phenols is 1. The van der Waals surface area contributed by atoms with E-state index in [0.717, 1.165) is 17.0 Å². The molecule has 3 aromatic rings. The van der Waals surface area contributed by atoms with Crippen molar-refractivity contribution in [3.05, 3.63) is 76.0 Å². The summed E-state index contributed by atoms with van der Waals surface area (Å²) in [6.07, 6.45) is 1.48. The van der Waals surface area contributed by atoms with Crippen LogP contribution in [0.15, 0.2) is 59.0 Å². The minimum atomic E-state index is -0.757. The van der Waals surface area contributed by atoms with Gasteiger partial charge in [-0.1, -0.05) is 12.1 Å². The van der Waals surface area contributed by atoms with Gasteiger partial charge in [0.2, 0.25) is 0 Å². The lowest BCUT2D eigenvalue weighted by atomic mass is 10.0. The van der Waals surface area contributed by atoms with Gasteiger partial charge in [-0.15, -0.1) is 11.3 Å². The maximum Gasteiger partial charge on any atom is 0.275 e. The van der Waals surface area contributed by atoms with Gasteiger partial charge < -0.3 is 5.11 Å². The van der Waals surface area contributed by atoms with Crippen LogP contribution in [0.25, 0.3) is 11.1 Å². The maximum atomic E-state index is 13.9. The van der Waals surface area contributed by atoms with Crippen molar-refractivity contribution in [2.75, 3.05) is 0 Å². The molecule has 0 fully saturated rings. The van der Waals surface area contributed by atoms with Crippen LogP contribution < -0.4 is 5.43 Å². The summed E-state index contributed by atoms with van der Waals surface area (Å²) < 4.78 is 26.9.